The zero-order valence-electron chi connectivity index (χ0n) is 11.1. The summed E-state index contributed by atoms with van der Waals surface area (Å²) < 4.78 is 10.1. The van der Waals surface area contributed by atoms with Gasteiger partial charge in [0.25, 0.3) is 5.91 Å². The molecule has 0 fully saturated rings. The Labute approximate surface area is 111 Å². The molecule has 0 aliphatic carbocycles. The third-order valence-corrected chi connectivity index (χ3v) is 2.62. The summed E-state index contributed by atoms with van der Waals surface area (Å²) in [5.74, 6) is -0.945. The number of unbranched alkanes of at least 4 members (excludes halogenated alkanes) is 1. The number of ether oxygens (including phenoxy) is 1. The van der Waals surface area contributed by atoms with Gasteiger partial charge in [-0.25, -0.2) is 4.79 Å². The smallest absolute Gasteiger partial charge is 0.326 e. The molecule has 19 heavy (non-hydrogen) atoms. The van der Waals surface area contributed by atoms with Crippen LogP contribution in [0.1, 0.15) is 42.5 Å². The Bertz CT molecular complexity index is 426. The molecule has 2 N–H and O–H groups in total. The average molecular weight is 269 g/mol. The van der Waals surface area contributed by atoms with E-state index in [1.807, 2.05) is 6.92 Å². The van der Waals surface area contributed by atoms with Crippen molar-refractivity contribution in [2.75, 3.05) is 7.11 Å². The minimum Gasteiger partial charge on any atom is -0.480 e. The average Bonchev–Trinajstić information content (AvgIpc) is 2.83. The SMILES string of the molecule is CCCCC(NC(=O)c1ccc(COC)o1)C(=O)O. The van der Waals surface area contributed by atoms with Crippen LogP contribution in [0.4, 0.5) is 0 Å². The number of amides is 1. The molecular formula is C13H19NO5. The van der Waals surface area contributed by atoms with Crippen molar-refractivity contribution in [3.8, 4) is 0 Å². The molecule has 1 heterocycles. The summed E-state index contributed by atoms with van der Waals surface area (Å²) in [5, 5.41) is 11.5. The highest BCUT2D eigenvalue weighted by Crippen LogP contribution is 2.10. The minimum atomic E-state index is -1.04. The second-order valence-corrected chi connectivity index (χ2v) is 4.21. The van der Waals surface area contributed by atoms with E-state index in [1.54, 1.807) is 6.07 Å². The lowest BCUT2D eigenvalue weighted by Crippen LogP contribution is -2.40. The third kappa shape index (κ3) is 4.75. The van der Waals surface area contributed by atoms with Crippen molar-refractivity contribution < 1.29 is 23.8 Å². The van der Waals surface area contributed by atoms with Crippen LogP contribution in [0.15, 0.2) is 16.5 Å². The molecule has 1 atom stereocenters. The second-order valence-electron chi connectivity index (χ2n) is 4.21. The first kappa shape index (κ1) is 15.2. The quantitative estimate of drug-likeness (QED) is 0.751. The maximum atomic E-state index is 11.8. The van der Waals surface area contributed by atoms with Crippen LogP contribution in [-0.2, 0) is 16.1 Å². The van der Waals surface area contributed by atoms with Crippen LogP contribution >= 0.6 is 0 Å². The summed E-state index contributed by atoms with van der Waals surface area (Å²) >= 11 is 0. The second kappa shape index (κ2) is 7.58. The van der Waals surface area contributed by atoms with Crippen LogP contribution < -0.4 is 5.32 Å². The molecule has 106 valence electrons. The molecule has 0 saturated carbocycles. The highest BCUT2D eigenvalue weighted by Gasteiger charge is 2.21. The molecular weight excluding hydrogens is 250 g/mol. The number of furan rings is 1. The van der Waals surface area contributed by atoms with E-state index in [2.05, 4.69) is 5.32 Å². The van der Waals surface area contributed by atoms with Gasteiger partial charge in [0, 0.05) is 7.11 Å². The van der Waals surface area contributed by atoms with E-state index in [0.29, 0.717) is 12.2 Å². The van der Waals surface area contributed by atoms with E-state index in [-0.39, 0.29) is 12.4 Å². The topological polar surface area (TPSA) is 88.8 Å². The predicted octanol–water partition coefficient (Wildman–Crippen LogP) is 1.80. The zero-order chi connectivity index (χ0) is 14.3. The maximum Gasteiger partial charge on any atom is 0.326 e. The summed E-state index contributed by atoms with van der Waals surface area (Å²) in [5.41, 5.74) is 0. The van der Waals surface area contributed by atoms with Crippen LogP contribution in [0.5, 0.6) is 0 Å². The fraction of sp³-hybridized carbons (Fsp3) is 0.538. The van der Waals surface area contributed by atoms with Gasteiger partial charge in [-0.05, 0) is 18.6 Å². The molecule has 0 spiro atoms. The number of hydrogen-bond donors (Lipinski definition) is 2. The summed E-state index contributed by atoms with van der Waals surface area (Å²) in [6, 6.07) is 2.24. The Morgan fingerprint density at radius 1 is 1.47 bits per heavy atom. The Balaban J connectivity index is 2.62. The van der Waals surface area contributed by atoms with Crippen molar-refractivity contribution in [2.24, 2.45) is 0 Å². The predicted molar refractivity (Wildman–Crippen MR) is 67.8 cm³/mol. The van der Waals surface area contributed by atoms with Gasteiger partial charge < -0.3 is 19.6 Å². The van der Waals surface area contributed by atoms with Crippen LogP contribution in [0.2, 0.25) is 0 Å². The van der Waals surface area contributed by atoms with Gasteiger partial charge in [-0.2, -0.15) is 0 Å². The van der Waals surface area contributed by atoms with E-state index < -0.39 is 17.9 Å². The number of carbonyl (C=O) groups excluding carboxylic acids is 1. The fourth-order valence-corrected chi connectivity index (χ4v) is 1.61. The molecule has 1 aromatic rings. The molecule has 0 radical (unpaired) electrons. The number of aliphatic carboxylic acids is 1. The summed E-state index contributed by atoms with van der Waals surface area (Å²) in [6.07, 6.45) is 2.02. The van der Waals surface area contributed by atoms with Gasteiger partial charge in [0.05, 0.1) is 0 Å². The van der Waals surface area contributed by atoms with Gasteiger partial charge in [-0.1, -0.05) is 19.8 Å². The summed E-state index contributed by atoms with van der Waals surface area (Å²) in [6.45, 7) is 2.23. The van der Waals surface area contributed by atoms with Crippen molar-refractivity contribution in [1.82, 2.24) is 5.32 Å². The normalized spacial score (nSPS) is 12.1. The van der Waals surface area contributed by atoms with Gasteiger partial charge in [-0.15, -0.1) is 0 Å². The number of nitrogens with one attached hydrogen (secondary N) is 1. The minimum absolute atomic E-state index is 0.0924. The number of carboxylic acid groups (broad SMARTS) is 1. The molecule has 0 aliphatic heterocycles. The Kier molecular flexibility index (Phi) is 6.08. The maximum absolute atomic E-state index is 11.8. The van der Waals surface area contributed by atoms with Crippen LogP contribution in [-0.4, -0.2) is 30.1 Å². The van der Waals surface area contributed by atoms with Gasteiger partial charge in [0.15, 0.2) is 5.76 Å². The monoisotopic (exact) mass is 269 g/mol. The summed E-state index contributed by atoms with van der Waals surface area (Å²) in [7, 11) is 1.52. The van der Waals surface area contributed by atoms with E-state index in [9.17, 15) is 9.59 Å². The molecule has 0 aromatic carbocycles. The van der Waals surface area contributed by atoms with Gasteiger partial charge in [-0.3, -0.25) is 4.79 Å². The van der Waals surface area contributed by atoms with E-state index in [1.165, 1.54) is 13.2 Å². The fourth-order valence-electron chi connectivity index (χ4n) is 1.61. The lowest BCUT2D eigenvalue weighted by Gasteiger charge is -2.12. The molecule has 1 aromatic heterocycles. The standard InChI is InChI=1S/C13H19NO5/c1-3-4-5-10(13(16)17)14-12(15)11-7-6-9(19-11)8-18-2/h6-7,10H,3-5,8H2,1-2H3,(H,14,15)(H,16,17). The van der Waals surface area contributed by atoms with Crippen LogP contribution in [0.25, 0.3) is 0 Å². The molecule has 0 bridgehead atoms. The third-order valence-electron chi connectivity index (χ3n) is 2.62. The van der Waals surface area contributed by atoms with Crippen molar-refractivity contribution in [3.63, 3.8) is 0 Å². The van der Waals surface area contributed by atoms with Crippen molar-refractivity contribution in [1.29, 1.82) is 0 Å². The molecule has 0 aliphatic rings. The highest BCUT2D eigenvalue weighted by molar-refractivity contribution is 5.94. The van der Waals surface area contributed by atoms with Crippen molar-refractivity contribution >= 4 is 11.9 Å². The largest absolute Gasteiger partial charge is 0.480 e. The molecule has 6 nitrogen and oxygen atoms in total. The van der Waals surface area contributed by atoms with Gasteiger partial charge in [0.1, 0.15) is 18.4 Å². The van der Waals surface area contributed by atoms with E-state index in [0.717, 1.165) is 12.8 Å². The Morgan fingerprint density at radius 2 is 2.21 bits per heavy atom. The van der Waals surface area contributed by atoms with E-state index in [4.69, 9.17) is 14.3 Å². The van der Waals surface area contributed by atoms with Gasteiger partial charge >= 0.3 is 5.97 Å². The highest BCUT2D eigenvalue weighted by atomic mass is 16.5. The molecule has 6 heteroatoms. The van der Waals surface area contributed by atoms with E-state index >= 15 is 0 Å². The van der Waals surface area contributed by atoms with Crippen LogP contribution in [0.3, 0.4) is 0 Å². The lowest BCUT2D eigenvalue weighted by molar-refractivity contribution is -0.139. The Morgan fingerprint density at radius 3 is 2.79 bits per heavy atom. The molecule has 1 unspecified atom stereocenters. The number of rotatable bonds is 8. The number of carboxylic acids is 1. The number of hydrogen-bond acceptors (Lipinski definition) is 4. The number of methoxy groups -OCH3 is 1. The first-order valence-corrected chi connectivity index (χ1v) is 6.19. The van der Waals surface area contributed by atoms with Crippen molar-refractivity contribution in [2.45, 2.75) is 38.8 Å². The van der Waals surface area contributed by atoms with Crippen LogP contribution in [0, 0.1) is 0 Å². The van der Waals surface area contributed by atoms with Gasteiger partial charge in [0.2, 0.25) is 0 Å². The lowest BCUT2D eigenvalue weighted by atomic mass is 10.1. The Hall–Kier alpha value is -1.82. The molecule has 1 rings (SSSR count). The summed E-state index contributed by atoms with van der Waals surface area (Å²) in [4.78, 5) is 22.8. The first-order chi connectivity index (χ1) is 9.08. The molecule has 1 amide bonds. The zero-order valence-corrected chi connectivity index (χ0v) is 11.1. The molecule has 0 saturated heterocycles. The van der Waals surface area contributed by atoms with Crippen molar-refractivity contribution in [3.05, 3.63) is 23.7 Å². The number of carbonyl (C=O) groups is 2. The first-order valence-electron chi connectivity index (χ1n) is 6.19.